The van der Waals surface area contributed by atoms with Crippen molar-refractivity contribution in [1.29, 1.82) is 0 Å². The lowest BCUT2D eigenvalue weighted by atomic mass is 10.00. The SMILES string of the molecule is COc1cc(F)ccc1C[C@H]1CCCCCN1c1nc(N2CCO[C@H](C)C2)cc(=O)[nH]1. The van der Waals surface area contributed by atoms with Crippen molar-refractivity contribution in [2.24, 2.45) is 0 Å². The molecule has 1 aromatic carbocycles. The summed E-state index contributed by atoms with van der Waals surface area (Å²) in [5, 5.41) is 0. The fourth-order valence-corrected chi connectivity index (χ4v) is 4.57. The van der Waals surface area contributed by atoms with Gasteiger partial charge in [-0.3, -0.25) is 9.78 Å². The molecule has 2 saturated heterocycles. The van der Waals surface area contributed by atoms with E-state index in [4.69, 9.17) is 14.5 Å². The molecule has 8 heteroatoms. The number of hydrogen-bond acceptors (Lipinski definition) is 6. The molecule has 0 unspecified atom stereocenters. The Morgan fingerprint density at radius 3 is 2.94 bits per heavy atom. The third-order valence-electron chi connectivity index (χ3n) is 6.13. The lowest BCUT2D eigenvalue weighted by molar-refractivity contribution is 0.0529. The zero-order chi connectivity index (χ0) is 21.8. The quantitative estimate of drug-likeness (QED) is 0.786. The van der Waals surface area contributed by atoms with Crippen LogP contribution < -0.4 is 20.1 Å². The Morgan fingerprint density at radius 2 is 2.13 bits per heavy atom. The lowest BCUT2D eigenvalue weighted by Crippen LogP contribution is -2.43. The van der Waals surface area contributed by atoms with Crippen LogP contribution in [0.25, 0.3) is 0 Å². The Labute approximate surface area is 182 Å². The summed E-state index contributed by atoms with van der Waals surface area (Å²) < 4.78 is 24.7. The van der Waals surface area contributed by atoms with Gasteiger partial charge in [0.15, 0.2) is 0 Å². The minimum atomic E-state index is -0.309. The Kier molecular flexibility index (Phi) is 6.75. The molecule has 3 heterocycles. The number of halogens is 1. The zero-order valence-electron chi connectivity index (χ0n) is 18.3. The van der Waals surface area contributed by atoms with Crippen LogP contribution in [0.3, 0.4) is 0 Å². The number of anilines is 2. The molecule has 0 bridgehead atoms. The number of benzene rings is 1. The van der Waals surface area contributed by atoms with Crippen molar-refractivity contribution in [3.05, 3.63) is 46.0 Å². The average Bonchev–Trinajstić information content (AvgIpc) is 3.00. The highest BCUT2D eigenvalue weighted by molar-refractivity contribution is 5.45. The first kappa shape index (κ1) is 21.6. The van der Waals surface area contributed by atoms with Crippen molar-refractivity contribution in [2.45, 2.75) is 51.2 Å². The van der Waals surface area contributed by atoms with Crippen LogP contribution in [0.15, 0.2) is 29.1 Å². The number of methoxy groups -OCH3 is 1. The molecule has 2 aromatic rings. The molecule has 2 atom stereocenters. The van der Waals surface area contributed by atoms with Crippen LogP contribution in [0, 0.1) is 5.82 Å². The molecule has 2 aliphatic rings. The van der Waals surface area contributed by atoms with Crippen molar-refractivity contribution in [1.82, 2.24) is 9.97 Å². The van der Waals surface area contributed by atoms with Gasteiger partial charge in [-0.15, -0.1) is 0 Å². The van der Waals surface area contributed by atoms with Gasteiger partial charge in [-0.2, -0.15) is 4.98 Å². The van der Waals surface area contributed by atoms with E-state index < -0.39 is 0 Å². The van der Waals surface area contributed by atoms with Crippen LogP contribution in [0.1, 0.15) is 38.2 Å². The molecule has 0 amide bonds. The molecule has 0 spiro atoms. The number of rotatable bonds is 5. The minimum absolute atomic E-state index is 0.107. The number of H-pyrrole nitrogens is 1. The van der Waals surface area contributed by atoms with E-state index in [0.717, 1.165) is 44.3 Å². The second-order valence-electron chi connectivity index (χ2n) is 8.41. The number of morpholine rings is 1. The van der Waals surface area contributed by atoms with Crippen LogP contribution in [0.5, 0.6) is 5.75 Å². The highest BCUT2D eigenvalue weighted by Gasteiger charge is 2.26. The lowest BCUT2D eigenvalue weighted by Gasteiger charge is -2.34. The Balaban J connectivity index is 1.63. The fourth-order valence-electron chi connectivity index (χ4n) is 4.57. The third-order valence-corrected chi connectivity index (χ3v) is 6.13. The standard InChI is InChI=1S/C23H31FN4O3/c1-16-15-27(10-11-31-16)21-14-22(29)26-23(25-21)28-9-5-3-4-6-19(28)12-17-7-8-18(24)13-20(17)30-2/h7-8,13-14,16,19H,3-6,9-12,15H2,1-2H3,(H,25,26,29)/t16-,19-/m1/s1. The van der Waals surface area contributed by atoms with E-state index in [-0.39, 0.29) is 23.5 Å². The first-order valence-corrected chi connectivity index (χ1v) is 11.1. The molecule has 1 N–H and O–H groups in total. The maximum atomic E-state index is 13.7. The Bertz CT molecular complexity index is 951. The molecule has 168 valence electrons. The molecular weight excluding hydrogens is 399 g/mol. The molecule has 2 fully saturated rings. The van der Waals surface area contributed by atoms with Crippen molar-refractivity contribution in [3.63, 3.8) is 0 Å². The predicted molar refractivity (Wildman–Crippen MR) is 119 cm³/mol. The van der Waals surface area contributed by atoms with Crippen LogP contribution in [-0.4, -0.2) is 55.5 Å². The van der Waals surface area contributed by atoms with Gasteiger partial charge in [0.05, 0.1) is 19.8 Å². The summed E-state index contributed by atoms with van der Waals surface area (Å²) in [5.41, 5.74) is 0.808. The molecule has 0 saturated carbocycles. The van der Waals surface area contributed by atoms with Gasteiger partial charge < -0.3 is 19.3 Å². The first-order valence-electron chi connectivity index (χ1n) is 11.1. The second-order valence-corrected chi connectivity index (χ2v) is 8.41. The summed E-state index contributed by atoms with van der Waals surface area (Å²) in [5.74, 6) is 1.55. The van der Waals surface area contributed by atoms with E-state index in [1.54, 1.807) is 19.2 Å². The van der Waals surface area contributed by atoms with Gasteiger partial charge in [-0.1, -0.05) is 18.9 Å². The summed E-state index contributed by atoms with van der Waals surface area (Å²) in [4.78, 5) is 24.7. The predicted octanol–water partition coefficient (Wildman–Crippen LogP) is 3.13. The molecule has 1 aromatic heterocycles. The van der Waals surface area contributed by atoms with Gasteiger partial charge in [-0.05, 0) is 37.8 Å². The minimum Gasteiger partial charge on any atom is -0.496 e. The van der Waals surface area contributed by atoms with Crippen molar-refractivity contribution < 1.29 is 13.9 Å². The normalized spacial score (nSPS) is 22.3. The van der Waals surface area contributed by atoms with Gasteiger partial charge in [0.25, 0.3) is 5.56 Å². The number of hydrogen-bond donors (Lipinski definition) is 1. The topological polar surface area (TPSA) is 70.7 Å². The Morgan fingerprint density at radius 1 is 1.26 bits per heavy atom. The van der Waals surface area contributed by atoms with Gasteiger partial charge in [0, 0.05) is 37.8 Å². The Hall–Kier alpha value is -2.61. The van der Waals surface area contributed by atoms with Gasteiger partial charge >= 0.3 is 0 Å². The van der Waals surface area contributed by atoms with E-state index >= 15 is 0 Å². The summed E-state index contributed by atoms with van der Waals surface area (Å²) in [6.45, 7) is 4.91. The second kappa shape index (κ2) is 9.68. The number of nitrogens with zero attached hydrogens (tertiary/aromatic N) is 3. The van der Waals surface area contributed by atoms with Crippen molar-refractivity contribution >= 4 is 11.8 Å². The van der Waals surface area contributed by atoms with Crippen LogP contribution in [-0.2, 0) is 11.2 Å². The van der Waals surface area contributed by atoms with E-state index in [1.165, 1.54) is 12.1 Å². The number of ether oxygens (including phenoxy) is 2. The van der Waals surface area contributed by atoms with E-state index in [9.17, 15) is 9.18 Å². The first-order chi connectivity index (χ1) is 15.0. The van der Waals surface area contributed by atoms with Crippen molar-refractivity contribution in [2.75, 3.05) is 43.2 Å². The molecule has 4 rings (SSSR count). The summed E-state index contributed by atoms with van der Waals surface area (Å²) >= 11 is 0. The maximum Gasteiger partial charge on any atom is 0.254 e. The molecule has 0 radical (unpaired) electrons. The van der Waals surface area contributed by atoms with Gasteiger partial charge in [-0.25, -0.2) is 4.39 Å². The van der Waals surface area contributed by atoms with E-state index in [0.29, 0.717) is 37.1 Å². The number of aromatic nitrogens is 2. The summed E-state index contributed by atoms with van der Waals surface area (Å²) in [6.07, 6.45) is 5.07. The van der Waals surface area contributed by atoms with Gasteiger partial charge in [0.1, 0.15) is 17.4 Å². The largest absolute Gasteiger partial charge is 0.496 e. The molecular formula is C23H31FN4O3. The molecule has 31 heavy (non-hydrogen) atoms. The van der Waals surface area contributed by atoms with Crippen LogP contribution in [0.2, 0.25) is 0 Å². The zero-order valence-corrected chi connectivity index (χ0v) is 18.3. The highest BCUT2D eigenvalue weighted by atomic mass is 19.1. The smallest absolute Gasteiger partial charge is 0.254 e. The molecule has 0 aliphatic carbocycles. The van der Waals surface area contributed by atoms with E-state index in [1.807, 2.05) is 6.92 Å². The molecule has 7 nitrogen and oxygen atoms in total. The van der Waals surface area contributed by atoms with Crippen LogP contribution in [0.4, 0.5) is 16.2 Å². The maximum absolute atomic E-state index is 13.7. The summed E-state index contributed by atoms with van der Waals surface area (Å²) in [6, 6.07) is 6.40. The molecule has 2 aliphatic heterocycles. The number of nitrogens with one attached hydrogen (secondary N) is 1. The monoisotopic (exact) mass is 430 g/mol. The fraction of sp³-hybridized carbons (Fsp3) is 0.565. The van der Waals surface area contributed by atoms with Crippen molar-refractivity contribution in [3.8, 4) is 5.75 Å². The summed E-state index contributed by atoms with van der Waals surface area (Å²) in [7, 11) is 1.56. The number of aromatic amines is 1. The van der Waals surface area contributed by atoms with E-state index in [2.05, 4.69) is 14.8 Å². The van der Waals surface area contributed by atoms with Gasteiger partial charge in [0.2, 0.25) is 5.95 Å². The average molecular weight is 431 g/mol. The van der Waals surface area contributed by atoms with Crippen LogP contribution >= 0.6 is 0 Å². The highest BCUT2D eigenvalue weighted by Crippen LogP contribution is 2.28. The third kappa shape index (κ3) is 5.18.